The number of nitrogens with one attached hydrogen (secondary N) is 2. The van der Waals surface area contributed by atoms with Gasteiger partial charge in [0.05, 0.1) is 12.2 Å². The fourth-order valence-electron chi connectivity index (χ4n) is 3.24. The molecule has 7 nitrogen and oxygen atoms in total. The zero-order valence-electron chi connectivity index (χ0n) is 15.1. The summed E-state index contributed by atoms with van der Waals surface area (Å²) in [5, 5.41) is 5.82. The molecular formula is C18H27N3O4. The van der Waals surface area contributed by atoms with Gasteiger partial charge in [-0.2, -0.15) is 0 Å². The third-order valence-corrected chi connectivity index (χ3v) is 4.52. The van der Waals surface area contributed by atoms with E-state index in [0.29, 0.717) is 13.1 Å². The Morgan fingerprint density at radius 3 is 2.68 bits per heavy atom. The maximum absolute atomic E-state index is 12.0. The minimum Gasteiger partial charge on any atom is -0.454 e. The van der Waals surface area contributed by atoms with E-state index in [4.69, 9.17) is 14.2 Å². The minimum atomic E-state index is -0.168. The Labute approximate surface area is 148 Å². The van der Waals surface area contributed by atoms with E-state index in [2.05, 4.69) is 36.3 Å². The van der Waals surface area contributed by atoms with Crippen LogP contribution in [0, 0.1) is 0 Å². The van der Waals surface area contributed by atoms with Gasteiger partial charge in [-0.3, -0.25) is 4.90 Å². The standard InChI is InChI=1S/C18H27N3O4/c1-12(21-9-13(2)25-14(3)10-21)7-19-18(22)20-8-15-4-5-16-17(6-15)24-11-23-16/h4-6,12-14H,7-11H2,1-3H3,(H2,19,20,22)/t12-,13-,14-/m1/s1. The van der Waals surface area contributed by atoms with Crippen molar-refractivity contribution in [3.05, 3.63) is 23.8 Å². The Balaban J connectivity index is 1.40. The molecule has 3 atom stereocenters. The number of carbonyl (C=O) groups is 1. The van der Waals surface area contributed by atoms with Crippen LogP contribution in [0.5, 0.6) is 11.5 Å². The van der Waals surface area contributed by atoms with E-state index < -0.39 is 0 Å². The predicted molar refractivity (Wildman–Crippen MR) is 93.8 cm³/mol. The van der Waals surface area contributed by atoms with Gasteiger partial charge in [0.15, 0.2) is 11.5 Å². The molecule has 7 heteroatoms. The molecule has 0 unspecified atom stereocenters. The van der Waals surface area contributed by atoms with E-state index in [-0.39, 0.29) is 31.1 Å². The maximum Gasteiger partial charge on any atom is 0.315 e. The Kier molecular flexibility index (Phi) is 5.65. The molecular weight excluding hydrogens is 322 g/mol. The lowest BCUT2D eigenvalue weighted by Crippen LogP contribution is -2.52. The summed E-state index contributed by atoms with van der Waals surface area (Å²) in [7, 11) is 0. The van der Waals surface area contributed by atoms with Gasteiger partial charge in [-0.05, 0) is 38.5 Å². The van der Waals surface area contributed by atoms with Crippen molar-refractivity contribution < 1.29 is 19.0 Å². The molecule has 3 rings (SSSR count). The van der Waals surface area contributed by atoms with Crippen molar-refractivity contribution in [1.29, 1.82) is 0 Å². The maximum atomic E-state index is 12.0. The molecule has 0 spiro atoms. The number of hydrogen-bond donors (Lipinski definition) is 2. The van der Waals surface area contributed by atoms with Crippen LogP contribution in [0.15, 0.2) is 18.2 Å². The van der Waals surface area contributed by atoms with Crippen molar-refractivity contribution in [3.63, 3.8) is 0 Å². The topological polar surface area (TPSA) is 72.1 Å². The van der Waals surface area contributed by atoms with Crippen molar-refractivity contribution in [2.24, 2.45) is 0 Å². The van der Waals surface area contributed by atoms with Crippen LogP contribution >= 0.6 is 0 Å². The molecule has 0 radical (unpaired) electrons. The molecule has 2 heterocycles. The predicted octanol–water partition coefficient (Wildman–Crippen LogP) is 1.71. The smallest absolute Gasteiger partial charge is 0.315 e. The summed E-state index contributed by atoms with van der Waals surface area (Å²) < 4.78 is 16.4. The van der Waals surface area contributed by atoms with Gasteiger partial charge >= 0.3 is 6.03 Å². The van der Waals surface area contributed by atoms with Crippen LogP contribution in [0.3, 0.4) is 0 Å². The molecule has 1 saturated heterocycles. The van der Waals surface area contributed by atoms with Crippen LogP contribution in [0.2, 0.25) is 0 Å². The number of urea groups is 1. The summed E-state index contributed by atoms with van der Waals surface area (Å²) in [6.45, 7) is 9.39. The summed E-state index contributed by atoms with van der Waals surface area (Å²) in [4.78, 5) is 14.4. The highest BCUT2D eigenvalue weighted by Gasteiger charge is 2.25. The lowest BCUT2D eigenvalue weighted by molar-refractivity contribution is -0.0778. The Morgan fingerprint density at radius 2 is 1.92 bits per heavy atom. The molecule has 1 aromatic carbocycles. The largest absolute Gasteiger partial charge is 0.454 e. The first-order valence-corrected chi connectivity index (χ1v) is 8.81. The van der Waals surface area contributed by atoms with Gasteiger partial charge in [0.1, 0.15) is 0 Å². The van der Waals surface area contributed by atoms with Crippen molar-refractivity contribution in [2.75, 3.05) is 26.4 Å². The van der Waals surface area contributed by atoms with Crippen molar-refractivity contribution >= 4 is 6.03 Å². The van der Waals surface area contributed by atoms with E-state index >= 15 is 0 Å². The lowest BCUT2D eigenvalue weighted by Gasteiger charge is -2.38. The highest BCUT2D eigenvalue weighted by Crippen LogP contribution is 2.32. The number of amides is 2. The zero-order valence-corrected chi connectivity index (χ0v) is 15.1. The Bertz CT molecular complexity index is 600. The van der Waals surface area contributed by atoms with Gasteiger partial charge in [-0.15, -0.1) is 0 Å². The molecule has 0 saturated carbocycles. The summed E-state index contributed by atoms with van der Waals surface area (Å²) >= 11 is 0. The number of hydrogen-bond acceptors (Lipinski definition) is 5. The van der Waals surface area contributed by atoms with Gasteiger partial charge in [0.25, 0.3) is 0 Å². The van der Waals surface area contributed by atoms with Crippen LogP contribution < -0.4 is 20.1 Å². The number of rotatable bonds is 5. The number of morpholine rings is 1. The summed E-state index contributed by atoms with van der Waals surface area (Å²) in [5.41, 5.74) is 0.975. The fraction of sp³-hybridized carbons (Fsp3) is 0.611. The van der Waals surface area contributed by atoms with E-state index in [9.17, 15) is 4.79 Å². The van der Waals surface area contributed by atoms with Crippen molar-refractivity contribution in [2.45, 2.75) is 45.6 Å². The summed E-state index contributed by atoms with van der Waals surface area (Å²) in [5.74, 6) is 1.47. The number of benzene rings is 1. The average Bonchev–Trinajstić information content (AvgIpc) is 3.04. The Hall–Kier alpha value is -1.99. The third kappa shape index (κ3) is 4.76. The SMILES string of the molecule is C[C@@H]1CN([C@H](C)CNC(=O)NCc2ccc3c(c2)OCO3)C[C@@H](C)O1. The van der Waals surface area contributed by atoms with Gasteiger partial charge in [-0.1, -0.05) is 6.07 Å². The second-order valence-electron chi connectivity index (χ2n) is 6.81. The summed E-state index contributed by atoms with van der Waals surface area (Å²) in [6.07, 6.45) is 0.456. The summed E-state index contributed by atoms with van der Waals surface area (Å²) in [6, 6.07) is 5.78. The van der Waals surface area contributed by atoms with Crippen LogP contribution in [0.25, 0.3) is 0 Å². The second kappa shape index (κ2) is 7.93. The molecule has 2 aliphatic heterocycles. The molecule has 138 valence electrons. The molecule has 2 N–H and O–H groups in total. The zero-order chi connectivity index (χ0) is 17.8. The van der Waals surface area contributed by atoms with Crippen molar-refractivity contribution in [1.82, 2.24) is 15.5 Å². The monoisotopic (exact) mass is 349 g/mol. The first kappa shape index (κ1) is 17.8. The molecule has 1 aromatic rings. The average molecular weight is 349 g/mol. The van der Waals surface area contributed by atoms with Crippen LogP contribution in [-0.4, -0.2) is 55.6 Å². The van der Waals surface area contributed by atoms with Crippen LogP contribution in [0.4, 0.5) is 4.79 Å². The lowest BCUT2D eigenvalue weighted by atomic mass is 10.2. The molecule has 0 aliphatic carbocycles. The second-order valence-corrected chi connectivity index (χ2v) is 6.81. The highest BCUT2D eigenvalue weighted by molar-refractivity contribution is 5.73. The van der Waals surface area contributed by atoms with Crippen molar-refractivity contribution in [3.8, 4) is 11.5 Å². The van der Waals surface area contributed by atoms with E-state index in [1.807, 2.05) is 18.2 Å². The highest BCUT2D eigenvalue weighted by atomic mass is 16.7. The van der Waals surface area contributed by atoms with Gasteiger partial charge in [0, 0.05) is 32.2 Å². The molecule has 25 heavy (non-hydrogen) atoms. The van der Waals surface area contributed by atoms with Gasteiger partial charge in [-0.25, -0.2) is 4.79 Å². The third-order valence-electron chi connectivity index (χ3n) is 4.52. The number of ether oxygens (including phenoxy) is 3. The van der Waals surface area contributed by atoms with Gasteiger partial charge in [0.2, 0.25) is 6.79 Å². The molecule has 1 fully saturated rings. The Morgan fingerprint density at radius 1 is 1.20 bits per heavy atom. The molecule has 0 bridgehead atoms. The number of nitrogens with zero attached hydrogens (tertiary/aromatic N) is 1. The normalized spacial score (nSPS) is 24.0. The molecule has 2 aliphatic rings. The molecule has 2 amide bonds. The first-order chi connectivity index (χ1) is 12.0. The quantitative estimate of drug-likeness (QED) is 0.847. The van der Waals surface area contributed by atoms with E-state index in [1.165, 1.54) is 0 Å². The first-order valence-electron chi connectivity index (χ1n) is 8.81. The van der Waals surface area contributed by atoms with Crippen LogP contribution in [-0.2, 0) is 11.3 Å². The number of fused-ring (bicyclic) bond motifs is 1. The van der Waals surface area contributed by atoms with Gasteiger partial charge < -0.3 is 24.8 Å². The number of carbonyl (C=O) groups excluding carboxylic acids is 1. The minimum absolute atomic E-state index is 0.168. The van der Waals surface area contributed by atoms with Crippen LogP contribution in [0.1, 0.15) is 26.3 Å². The van der Waals surface area contributed by atoms with E-state index in [0.717, 1.165) is 30.2 Å². The molecule has 0 aromatic heterocycles. The van der Waals surface area contributed by atoms with E-state index in [1.54, 1.807) is 0 Å². The fourth-order valence-corrected chi connectivity index (χ4v) is 3.24.